The smallest absolute Gasteiger partial charge is 0.227 e. The van der Waals surface area contributed by atoms with Crippen LogP contribution in [0, 0.1) is 0 Å². The minimum Gasteiger partial charge on any atom is -0.493 e. The zero-order chi connectivity index (χ0) is 17.4. The van der Waals surface area contributed by atoms with E-state index in [0.29, 0.717) is 17.5 Å². The maximum Gasteiger partial charge on any atom is 0.227 e. The van der Waals surface area contributed by atoms with Gasteiger partial charge in [0.2, 0.25) is 5.95 Å². The average molecular weight is 343 g/mol. The van der Waals surface area contributed by atoms with E-state index < -0.39 is 0 Å². The Hall–Kier alpha value is -2.28. The van der Waals surface area contributed by atoms with Crippen molar-refractivity contribution in [3.05, 3.63) is 12.1 Å². The normalized spacial score (nSPS) is 18.4. The van der Waals surface area contributed by atoms with Gasteiger partial charge in [0.1, 0.15) is 5.82 Å². The zero-order valence-corrected chi connectivity index (χ0v) is 15.1. The van der Waals surface area contributed by atoms with Crippen LogP contribution < -0.4 is 19.7 Å². The highest BCUT2D eigenvalue weighted by Crippen LogP contribution is 2.36. The van der Waals surface area contributed by atoms with Gasteiger partial charge in [-0.25, -0.2) is 4.98 Å². The molecule has 4 rings (SSSR count). The van der Waals surface area contributed by atoms with Crippen LogP contribution in [0.1, 0.15) is 12.8 Å². The van der Waals surface area contributed by atoms with Gasteiger partial charge in [-0.15, -0.1) is 0 Å². The monoisotopic (exact) mass is 343 g/mol. The molecule has 0 amide bonds. The number of hydrogen-bond donors (Lipinski definition) is 1. The van der Waals surface area contributed by atoms with Gasteiger partial charge in [-0.05, 0) is 26.0 Å². The second-order valence-corrected chi connectivity index (χ2v) is 6.81. The third-order valence-corrected chi connectivity index (χ3v) is 4.89. The fourth-order valence-electron chi connectivity index (χ4n) is 3.12. The summed E-state index contributed by atoms with van der Waals surface area (Å²) < 4.78 is 10.9. The van der Waals surface area contributed by atoms with Crippen LogP contribution in [-0.2, 0) is 0 Å². The molecule has 0 radical (unpaired) electrons. The molecule has 25 heavy (non-hydrogen) atoms. The summed E-state index contributed by atoms with van der Waals surface area (Å²) in [5.74, 6) is 3.07. The van der Waals surface area contributed by atoms with Crippen molar-refractivity contribution >= 4 is 22.7 Å². The van der Waals surface area contributed by atoms with E-state index in [4.69, 9.17) is 19.4 Å². The predicted octanol–water partition coefficient (Wildman–Crippen LogP) is 1.97. The fraction of sp³-hybridized carbons (Fsp3) is 0.556. The number of rotatable bonds is 5. The van der Waals surface area contributed by atoms with Gasteiger partial charge < -0.3 is 24.6 Å². The van der Waals surface area contributed by atoms with E-state index in [1.54, 1.807) is 14.2 Å². The van der Waals surface area contributed by atoms with E-state index in [0.717, 1.165) is 48.8 Å². The van der Waals surface area contributed by atoms with E-state index in [1.165, 1.54) is 12.8 Å². The van der Waals surface area contributed by atoms with E-state index >= 15 is 0 Å². The summed E-state index contributed by atoms with van der Waals surface area (Å²) >= 11 is 0. The standard InChI is InChI=1S/C18H25N5O2/c1-22-6-8-23(9-7-22)18-20-14-11-16(25-3)15(24-2)10-13(14)17(21-18)19-12-4-5-12/h10-12H,4-9H2,1-3H3,(H,19,20,21). The van der Waals surface area contributed by atoms with Crippen LogP contribution in [0.5, 0.6) is 11.5 Å². The predicted molar refractivity (Wildman–Crippen MR) is 99.0 cm³/mol. The number of fused-ring (bicyclic) bond motifs is 1. The molecule has 2 heterocycles. The Morgan fingerprint density at radius 2 is 1.68 bits per heavy atom. The number of piperazine rings is 1. The van der Waals surface area contributed by atoms with Crippen LogP contribution >= 0.6 is 0 Å². The Balaban J connectivity index is 1.78. The Kier molecular flexibility index (Phi) is 4.25. The molecule has 0 spiro atoms. The van der Waals surface area contributed by atoms with Gasteiger partial charge in [0.05, 0.1) is 19.7 Å². The summed E-state index contributed by atoms with van der Waals surface area (Å²) in [6.45, 7) is 3.94. The lowest BCUT2D eigenvalue weighted by atomic mass is 10.2. The lowest BCUT2D eigenvalue weighted by Crippen LogP contribution is -2.45. The van der Waals surface area contributed by atoms with Crippen molar-refractivity contribution in [3.8, 4) is 11.5 Å². The van der Waals surface area contributed by atoms with E-state index in [-0.39, 0.29) is 0 Å². The van der Waals surface area contributed by atoms with Crippen LogP contribution in [0.3, 0.4) is 0 Å². The van der Waals surface area contributed by atoms with Gasteiger partial charge in [0.25, 0.3) is 0 Å². The quantitative estimate of drug-likeness (QED) is 0.890. The molecule has 1 N–H and O–H groups in total. The Morgan fingerprint density at radius 1 is 1.00 bits per heavy atom. The first-order valence-electron chi connectivity index (χ1n) is 8.81. The van der Waals surface area contributed by atoms with E-state index in [1.807, 2.05) is 12.1 Å². The van der Waals surface area contributed by atoms with Gasteiger partial charge in [-0.2, -0.15) is 4.98 Å². The summed E-state index contributed by atoms with van der Waals surface area (Å²) in [5, 5.41) is 4.53. The van der Waals surface area contributed by atoms with Crippen LogP contribution in [-0.4, -0.2) is 68.4 Å². The van der Waals surface area contributed by atoms with Crippen molar-refractivity contribution < 1.29 is 9.47 Å². The summed E-state index contributed by atoms with van der Waals surface area (Å²) in [6.07, 6.45) is 2.39. The minimum absolute atomic E-state index is 0.520. The number of aromatic nitrogens is 2. The lowest BCUT2D eigenvalue weighted by Gasteiger charge is -2.32. The first-order valence-corrected chi connectivity index (χ1v) is 8.81. The second-order valence-electron chi connectivity index (χ2n) is 6.81. The van der Waals surface area contributed by atoms with Crippen molar-refractivity contribution in [2.75, 3.05) is 57.7 Å². The number of ether oxygens (including phenoxy) is 2. The molecule has 2 fully saturated rings. The summed E-state index contributed by atoms with van der Waals surface area (Å²) in [6, 6.07) is 4.42. The van der Waals surface area contributed by atoms with Crippen molar-refractivity contribution in [1.82, 2.24) is 14.9 Å². The van der Waals surface area contributed by atoms with Gasteiger partial charge >= 0.3 is 0 Å². The molecular weight excluding hydrogens is 318 g/mol. The molecule has 2 aliphatic rings. The van der Waals surface area contributed by atoms with Crippen LogP contribution in [0.25, 0.3) is 10.9 Å². The molecule has 1 saturated carbocycles. The highest BCUT2D eigenvalue weighted by molar-refractivity contribution is 5.93. The van der Waals surface area contributed by atoms with Crippen LogP contribution in [0.2, 0.25) is 0 Å². The number of benzene rings is 1. The Bertz CT molecular complexity index is 770. The summed E-state index contributed by atoms with van der Waals surface area (Å²) in [4.78, 5) is 14.3. The topological polar surface area (TPSA) is 62.8 Å². The van der Waals surface area contributed by atoms with Crippen molar-refractivity contribution in [2.45, 2.75) is 18.9 Å². The van der Waals surface area contributed by atoms with Gasteiger partial charge in [-0.3, -0.25) is 0 Å². The van der Waals surface area contributed by atoms with Crippen molar-refractivity contribution in [2.24, 2.45) is 0 Å². The molecule has 1 aliphatic heterocycles. The van der Waals surface area contributed by atoms with Crippen LogP contribution in [0.4, 0.5) is 11.8 Å². The van der Waals surface area contributed by atoms with E-state index in [2.05, 4.69) is 22.2 Å². The molecule has 0 bridgehead atoms. The third-order valence-electron chi connectivity index (χ3n) is 4.89. The fourth-order valence-corrected chi connectivity index (χ4v) is 3.12. The van der Waals surface area contributed by atoms with Gasteiger partial charge in [0, 0.05) is 43.7 Å². The van der Waals surface area contributed by atoms with Gasteiger partial charge in [-0.1, -0.05) is 0 Å². The molecule has 1 aromatic carbocycles. The Morgan fingerprint density at radius 3 is 2.32 bits per heavy atom. The maximum absolute atomic E-state index is 5.45. The molecular formula is C18H25N5O2. The number of nitrogens with zero attached hydrogens (tertiary/aromatic N) is 4. The molecule has 134 valence electrons. The maximum atomic E-state index is 5.45. The number of nitrogens with one attached hydrogen (secondary N) is 1. The second kappa shape index (κ2) is 6.55. The molecule has 2 aromatic rings. The molecule has 1 aromatic heterocycles. The zero-order valence-electron chi connectivity index (χ0n) is 15.1. The number of hydrogen-bond acceptors (Lipinski definition) is 7. The van der Waals surface area contributed by atoms with Crippen LogP contribution in [0.15, 0.2) is 12.1 Å². The minimum atomic E-state index is 0.520. The van der Waals surface area contributed by atoms with Gasteiger partial charge in [0.15, 0.2) is 11.5 Å². The van der Waals surface area contributed by atoms with E-state index in [9.17, 15) is 0 Å². The number of methoxy groups -OCH3 is 2. The molecule has 0 unspecified atom stereocenters. The average Bonchev–Trinajstić information content (AvgIpc) is 3.45. The Labute approximate surface area is 147 Å². The molecule has 7 heteroatoms. The largest absolute Gasteiger partial charge is 0.493 e. The highest BCUT2D eigenvalue weighted by Gasteiger charge is 2.25. The molecule has 7 nitrogen and oxygen atoms in total. The molecule has 0 atom stereocenters. The number of likely N-dealkylation sites (N-methyl/N-ethyl adjacent to an activating group) is 1. The summed E-state index contributed by atoms with van der Waals surface area (Å²) in [7, 11) is 5.45. The molecule has 1 aliphatic carbocycles. The summed E-state index contributed by atoms with van der Waals surface area (Å²) in [5.41, 5.74) is 0.879. The first-order chi connectivity index (χ1) is 12.2. The lowest BCUT2D eigenvalue weighted by molar-refractivity contribution is 0.311. The highest BCUT2D eigenvalue weighted by atomic mass is 16.5. The van der Waals surface area contributed by atoms with Crippen molar-refractivity contribution in [3.63, 3.8) is 0 Å². The molecule has 1 saturated heterocycles. The van der Waals surface area contributed by atoms with Crippen molar-refractivity contribution in [1.29, 1.82) is 0 Å². The SMILES string of the molecule is COc1cc2nc(N3CCN(C)CC3)nc(NC3CC3)c2cc1OC. The number of anilines is 2. The first kappa shape index (κ1) is 16.2. The third kappa shape index (κ3) is 3.28.